The van der Waals surface area contributed by atoms with Gasteiger partial charge in [0.2, 0.25) is 0 Å². The molecule has 2 aliphatic rings. The third-order valence-corrected chi connectivity index (χ3v) is 11.1. The number of fused-ring (bicyclic) bond motifs is 11. The molecule has 0 fully saturated rings. The van der Waals surface area contributed by atoms with E-state index in [9.17, 15) is 0 Å². The molecule has 0 saturated heterocycles. The lowest BCUT2D eigenvalue weighted by Crippen LogP contribution is -2.02. The molecule has 1 aliphatic carbocycles. The van der Waals surface area contributed by atoms with Gasteiger partial charge in [0, 0.05) is 46.3 Å². The van der Waals surface area contributed by atoms with Crippen molar-refractivity contribution >= 4 is 81.4 Å². The summed E-state index contributed by atoms with van der Waals surface area (Å²) in [6.07, 6.45) is 4.88. The van der Waals surface area contributed by atoms with Crippen LogP contribution in [-0.2, 0) is 0 Å². The normalized spacial score (nSPS) is 20.8. The average molecular weight is 405 g/mol. The molecule has 0 radical (unpaired) electrons. The molecule has 3 aromatic heterocycles. The minimum Gasteiger partial charge on any atom is -0.138 e. The maximum absolute atomic E-state index is 2.47. The SMILES string of the molecule is C1=CC2c3sc4ccccc4c3SC2c2sc3c(sc4ccccc43)c21. The first-order chi connectivity index (χ1) is 12.9. The lowest BCUT2D eigenvalue weighted by molar-refractivity contribution is 0.853. The summed E-state index contributed by atoms with van der Waals surface area (Å²) < 4.78 is 5.82. The second kappa shape index (κ2) is 5.02. The highest BCUT2D eigenvalue weighted by Crippen LogP contribution is 2.64. The first kappa shape index (κ1) is 14.5. The van der Waals surface area contributed by atoms with E-state index in [1.165, 1.54) is 40.0 Å². The standard InChI is InChI=1S/C22H12S4/c1-3-7-15-11(5-1)17-19(23-15)13-9-10-14-20-18(26-22(14)21(13)25-17)12-6-2-4-8-16(12)24-20/h1-10,13,21H. The topological polar surface area (TPSA) is 0 Å². The molecule has 0 nitrogen and oxygen atoms in total. The van der Waals surface area contributed by atoms with Crippen LogP contribution in [0, 0.1) is 0 Å². The van der Waals surface area contributed by atoms with Crippen molar-refractivity contribution in [3.05, 3.63) is 69.9 Å². The molecule has 4 heterocycles. The molecule has 1 aliphatic heterocycles. The van der Waals surface area contributed by atoms with E-state index in [0.29, 0.717) is 11.2 Å². The Kier molecular flexibility index (Phi) is 2.79. The Labute approximate surface area is 166 Å². The summed E-state index contributed by atoms with van der Waals surface area (Å²) in [4.78, 5) is 4.69. The lowest BCUT2D eigenvalue weighted by atomic mass is 9.94. The van der Waals surface area contributed by atoms with E-state index in [1.54, 1.807) is 9.75 Å². The molecular formula is C22H12S4. The van der Waals surface area contributed by atoms with Gasteiger partial charge in [0.15, 0.2) is 0 Å². The fourth-order valence-electron chi connectivity index (χ4n) is 4.27. The predicted octanol–water partition coefficient (Wildman–Crippen LogP) is 8.29. The molecule has 5 aromatic rings. The van der Waals surface area contributed by atoms with Crippen LogP contribution in [0.1, 0.15) is 26.5 Å². The second-order valence-electron chi connectivity index (χ2n) is 6.85. The molecule has 4 heteroatoms. The smallest absolute Gasteiger partial charge is 0.0557 e. The molecule has 0 bridgehead atoms. The third-order valence-electron chi connectivity index (χ3n) is 5.45. The number of thioether (sulfide) groups is 1. The molecule has 0 amide bonds. The minimum atomic E-state index is 0.541. The maximum Gasteiger partial charge on any atom is 0.0557 e. The molecule has 7 rings (SSSR count). The highest BCUT2D eigenvalue weighted by atomic mass is 32.2. The van der Waals surface area contributed by atoms with E-state index >= 15 is 0 Å². The monoisotopic (exact) mass is 404 g/mol. The quantitative estimate of drug-likeness (QED) is 0.250. The number of benzene rings is 2. The van der Waals surface area contributed by atoms with E-state index in [2.05, 4.69) is 72.4 Å². The number of hydrogen-bond acceptors (Lipinski definition) is 4. The van der Waals surface area contributed by atoms with Crippen molar-refractivity contribution < 1.29 is 0 Å². The Balaban J connectivity index is 1.46. The Morgan fingerprint density at radius 2 is 1.46 bits per heavy atom. The van der Waals surface area contributed by atoms with Gasteiger partial charge in [0.05, 0.1) is 14.6 Å². The summed E-state index contributed by atoms with van der Waals surface area (Å²) in [5.74, 6) is 0.541. The summed E-state index contributed by atoms with van der Waals surface area (Å²) in [6, 6.07) is 17.7. The molecule has 0 saturated carbocycles. The van der Waals surface area contributed by atoms with Crippen LogP contribution in [0.3, 0.4) is 0 Å². The van der Waals surface area contributed by atoms with E-state index in [4.69, 9.17) is 0 Å². The molecule has 0 N–H and O–H groups in total. The van der Waals surface area contributed by atoms with Gasteiger partial charge < -0.3 is 0 Å². The van der Waals surface area contributed by atoms with Gasteiger partial charge in [0.1, 0.15) is 0 Å². The summed E-state index contributed by atoms with van der Waals surface area (Å²) in [5.41, 5.74) is 1.49. The van der Waals surface area contributed by atoms with Crippen LogP contribution in [0.25, 0.3) is 35.6 Å². The first-order valence-corrected chi connectivity index (χ1v) is 12.0. The largest absolute Gasteiger partial charge is 0.138 e. The van der Waals surface area contributed by atoms with Gasteiger partial charge in [0.25, 0.3) is 0 Å². The zero-order valence-corrected chi connectivity index (χ0v) is 16.8. The van der Waals surface area contributed by atoms with Gasteiger partial charge >= 0.3 is 0 Å². The second-order valence-corrected chi connectivity index (χ2v) is 11.2. The zero-order valence-electron chi connectivity index (χ0n) is 13.6. The van der Waals surface area contributed by atoms with E-state index in [-0.39, 0.29) is 0 Å². The summed E-state index contributed by atoms with van der Waals surface area (Å²) >= 11 is 8.08. The number of thiophene rings is 3. The van der Waals surface area contributed by atoms with Crippen LogP contribution in [0.5, 0.6) is 0 Å². The third kappa shape index (κ3) is 1.71. The van der Waals surface area contributed by atoms with Crippen molar-refractivity contribution in [2.24, 2.45) is 0 Å². The van der Waals surface area contributed by atoms with Crippen LogP contribution in [-0.4, -0.2) is 0 Å². The van der Waals surface area contributed by atoms with Crippen molar-refractivity contribution in [2.45, 2.75) is 16.1 Å². The van der Waals surface area contributed by atoms with Gasteiger partial charge in [-0.1, -0.05) is 48.6 Å². The molecule has 124 valence electrons. The predicted molar refractivity (Wildman–Crippen MR) is 119 cm³/mol. The molecule has 2 aromatic carbocycles. The average Bonchev–Trinajstić information content (AvgIpc) is 3.38. The summed E-state index contributed by atoms with van der Waals surface area (Å²) in [7, 11) is 0. The van der Waals surface area contributed by atoms with Crippen LogP contribution in [0.4, 0.5) is 0 Å². The fraction of sp³-hybridized carbons (Fsp3) is 0.0909. The maximum atomic E-state index is 2.47. The Bertz CT molecular complexity index is 1380. The van der Waals surface area contributed by atoms with Gasteiger partial charge in [-0.25, -0.2) is 0 Å². The zero-order chi connectivity index (χ0) is 16.8. The molecule has 0 spiro atoms. The van der Waals surface area contributed by atoms with Crippen molar-refractivity contribution in [1.29, 1.82) is 0 Å². The Hall–Kier alpha value is -1.59. The first-order valence-electron chi connectivity index (χ1n) is 8.69. The van der Waals surface area contributed by atoms with Gasteiger partial charge in [-0.2, -0.15) is 0 Å². The van der Waals surface area contributed by atoms with Gasteiger partial charge in [-0.15, -0.1) is 45.8 Å². The van der Waals surface area contributed by atoms with Crippen LogP contribution in [0.2, 0.25) is 0 Å². The molecule has 2 atom stereocenters. The van der Waals surface area contributed by atoms with Gasteiger partial charge in [-0.3, -0.25) is 0 Å². The molecule has 2 unspecified atom stereocenters. The van der Waals surface area contributed by atoms with E-state index < -0.39 is 0 Å². The highest BCUT2D eigenvalue weighted by molar-refractivity contribution is 8.00. The van der Waals surface area contributed by atoms with Crippen molar-refractivity contribution in [3.8, 4) is 0 Å². The highest BCUT2D eigenvalue weighted by Gasteiger charge is 2.40. The fourth-order valence-corrected chi connectivity index (χ4v) is 10.4. The number of rotatable bonds is 0. The van der Waals surface area contributed by atoms with Crippen molar-refractivity contribution in [1.82, 2.24) is 0 Å². The summed E-state index contributed by atoms with van der Waals surface area (Å²) in [5, 5.41) is 3.44. The number of allylic oxidation sites excluding steroid dienone is 1. The molecular weight excluding hydrogens is 393 g/mol. The van der Waals surface area contributed by atoms with Crippen molar-refractivity contribution in [2.75, 3.05) is 0 Å². The van der Waals surface area contributed by atoms with E-state index in [1.807, 2.05) is 34.0 Å². The van der Waals surface area contributed by atoms with Crippen LogP contribution < -0.4 is 0 Å². The Morgan fingerprint density at radius 1 is 0.692 bits per heavy atom. The van der Waals surface area contributed by atoms with Crippen LogP contribution in [0.15, 0.2) is 59.5 Å². The Morgan fingerprint density at radius 3 is 2.35 bits per heavy atom. The van der Waals surface area contributed by atoms with Crippen LogP contribution >= 0.6 is 45.8 Å². The van der Waals surface area contributed by atoms with Crippen molar-refractivity contribution in [3.63, 3.8) is 0 Å². The van der Waals surface area contributed by atoms with Gasteiger partial charge in [-0.05, 0) is 12.1 Å². The van der Waals surface area contributed by atoms with E-state index in [0.717, 1.165) is 0 Å². The number of hydrogen-bond donors (Lipinski definition) is 0. The summed E-state index contributed by atoms with van der Waals surface area (Å²) in [6.45, 7) is 0. The lowest BCUT2D eigenvalue weighted by Gasteiger charge is -2.20. The minimum absolute atomic E-state index is 0.541. The molecule has 26 heavy (non-hydrogen) atoms.